The molecule has 2 N–H and O–H groups in total. The number of alkyl halides is 3. The van der Waals surface area contributed by atoms with Gasteiger partial charge in [-0.15, -0.1) is 0 Å². The summed E-state index contributed by atoms with van der Waals surface area (Å²) in [6.07, 6.45) is -3.20. The Morgan fingerprint density at radius 2 is 2.16 bits per heavy atom. The third kappa shape index (κ3) is 5.46. The van der Waals surface area contributed by atoms with Crippen LogP contribution in [0.25, 0.3) is 0 Å². The number of nitrogens with one attached hydrogen (secondary N) is 2. The molecular weight excluding hydrogens is 263 g/mol. The summed E-state index contributed by atoms with van der Waals surface area (Å²) in [6, 6.07) is -0.781. The fourth-order valence-electron chi connectivity index (χ4n) is 1.79. The lowest BCUT2D eigenvalue weighted by molar-refractivity contribution is -0.163. The predicted molar refractivity (Wildman–Crippen MR) is 62.3 cm³/mol. The highest BCUT2D eigenvalue weighted by Gasteiger charge is 2.35. The van der Waals surface area contributed by atoms with E-state index in [-0.39, 0.29) is 25.5 Å². The zero-order valence-corrected chi connectivity index (χ0v) is 10.7. The molecule has 1 heterocycles. The van der Waals surface area contributed by atoms with Crippen molar-refractivity contribution in [2.24, 2.45) is 0 Å². The largest absolute Gasteiger partial charge is 0.406 e. The van der Waals surface area contributed by atoms with Crippen molar-refractivity contribution in [1.82, 2.24) is 15.5 Å². The molecule has 1 fully saturated rings. The van der Waals surface area contributed by atoms with E-state index in [0.29, 0.717) is 12.8 Å². The van der Waals surface area contributed by atoms with E-state index in [1.807, 2.05) is 6.92 Å². The van der Waals surface area contributed by atoms with Gasteiger partial charge in [0, 0.05) is 13.1 Å². The van der Waals surface area contributed by atoms with E-state index in [1.54, 1.807) is 0 Å². The van der Waals surface area contributed by atoms with Gasteiger partial charge in [-0.3, -0.25) is 14.9 Å². The van der Waals surface area contributed by atoms with Crippen LogP contribution >= 0.6 is 0 Å². The summed E-state index contributed by atoms with van der Waals surface area (Å²) in [4.78, 5) is 23.7. The van der Waals surface area contributed by atoms with Crippen LogP contribution in [0, 0.1) is 0 Å². The van der Waals surface area contributed by atoms with Gasteiger partial charge in [0.05, 0.1) is 6.54 Å². The molecule has 0 aromatic carbocycles. The molecule has 1 aliphatic heterocycles. The topological polar surface area (TPSA) is 61.4 Å². The van der Waals surface area contributed by atoms with Crippen molar-refractivity contribution in [3.8, 4) is 0 Å². The second-order valence-electron chi connectivity index (χ2n) is 4.47. The second-order valence-corrected chi connectivity index (χ2v) is 4.47. The maximum atomic E-state index is 12.4. The van der Waals surface area contributed by atoms with E-state index >= 15 is 0 Å². The number of hydrogen-bond acceptors (Lipinski definition) is 3. The Balaban J connectivity index is 2.62. The van der Waals surface area contributed by atoms with Crippen molar-refractivity contribution in [1.29, 1.82) is 0 Å². The van der Waals surface area contributed by atoms with Crippen molar-refractivity contribution in [3.05, 3.63) is 0 Å². The van der Waals surface area contributed by atoms with Crippen LogP contribution in [0.5, 0.6) is 0 Å². The molecule has 19 heavy (non-hydrogen) atoms. The van der Waals surface area contributed by atoms with Gasteiger partial charge >= 0.3 is 6.18 Å². The normalized spacial score (nSPS) is 20.0. The Hall–Kier alpha value is -1.31. The fourth-order valence-corrected chi connectivity index (χ4v) is 1.79. The van der Waals surface area contributed by atoms with Crippen LogP contribution in [-0.2, 0) is 9.59 Å². The lowest BCUT2D eigenvalue weighted by Gasteiger charge is -2.30. The summed E-state index contributed by atoms with van der Waals surface area (Å²) in [5, 5.41) is 5.10. The zero-order chi connectivity index (χ0) is 14.5. The van der Waals surface area contributed by atoms with Crippen molar-refractivity contribution in [2.45, 2.75) is 32.0 Å². The van der Waals surface area contributed by atoms with Crippen molar-refractivity contribution in [3.63, 3.8) is 0 Å². The maximum Gasteiger partial charge on any atom is 0.406 e. The molecule has 1 aliphatic rings. The summed E-state index contributed by atoms with van der Waals surface area (Å²) in [5.41, 5.74) is 0. The second kappa shape index (κ2) is 6.74. The predicted octanol–water partition coefficient (Wildman–Crippen LogP) is 0.265. The number of hydrogen-bond donors (Lipinski definition) is 2. The Kier molecular flexibility index (Phi) is 5.59. The SMILES string of the molecule is CCCCN(CC(F)(F)F)C(=O)C1CNC(=O)CN1. The fraction of sp³-hybridized carbons (Fsp3) is 0.818. The molecule has 0 aromatic rings. The van der Waals surface area contributed by atoms with E-state index in [9.17, 15) is 22.8 Å². The van der Waals surface area contributed by atoms with Gasteiger partial charge in [-0.1, -0.05) is 13.3 Å². The lowest BCUT2D eigenvalue weighted by Crippen LogP contribution is -2.59. The molecular formula is C11H18F3N3O2. The number of nitrogens with zero attached hydrogens (tertiary/aromatic N) is 1. The van der Waals surface area contributed by atoms with E-state index < -0.39 is 24.7 Å². The Morgan fingerprint density at radius 3 is 2.63 bits per heavy atom. The molecule has 0 saturated carbocycles. The molecule has 0 bridgehead atoms. The molecule has 0 aromatic heterocycles. The van der Waals surface area contributed by atoms with E-state index in [1.165, 1.54) is 0 Å². The number of unbranched alkanes of at least 4 members (excludes halogenated alkanes) is 1. The summed E-state index contributed by atoms with van der Waals surface area (Å²) in [5.74, 6) is -0.884. The minimum atomic E-state index is -4.42. The average Bonchev–Trinajstić information content (AvgIpc) is 2.33. The molecule has 8 heteroatoms. The Bertz CT molecular complexity index is 324. The quantitative estimate of drug-likeness (QED) is 0.760. The van der Waals surface area contributed by atoms with Crippen LogP contribution in [0.1, 0.15) is 19.8 Å². The maximum absolute atomic E-state index is 12.4. The summed E-state index contributed by atoms with van der Waals surface area (Å²) in [7, 11) is 0. The molecule has 1 atom stereocenters. The smallest absolute Gasteiger partial charge is 0.353 e. The first-order valence-corrected chi connectivity index (χ1v) is 6.19. The van der Waals surface area contributed by atoms with Gasteiger partial charge in [0.15, 0.2) is 0 Å². The van der Waals surface area contributed by atoms with Gasteiger partial charge in [-0.25, -0.2) is 0 Å². The first-order valence-electron chi connectivity index (χ1n) is 6.19. The zero-order valence-electron chi connectivity index (χ0n) is 10.7. The minimum absolute atomic E-state index is 0.0259. The lowest BCUT2D eigenvalue weighted by atomic mass is 10.2. The van der Waals surface area contributed by atoms with Crippen LogP contribution in [0.3, 0.4) is 0 Å². The van der Waals surface area contributed by atoms with Crippen LogP contribution in [0.15, 0.2) is 0 Å². The molecule has 0 spiro atoms. The van der Waals surface area contributed by atoms with Crippen LogP contribution in [0.4, 0.5) is 13.2 Å². The van der Waals surface area contributed by atoms with Gasteiger partial charge < -0.3 is 10.2 Å². The molecule has 0 aliphatic carbocycles. The standard InChI is InChI=1S/C11H18F3N3O2/c1-2-3-4-17(7-11(12,13)14)10(19)8-5-16-9(18)6-15-8/h8,15H,2-7H2,1H3,(H,16,18). The van der Waals surface area contributed by atoms with Crippen molar-refractivity contribution in [2.75, 3.05) is 26.2 Å². The number of carbonyl (C=O) groups is 2. The number of halogens is 3. The van der Waals surface area contributed by atoms with Gasteiger partial charge in [0.25, 0.3) is 0 Å². The van der Waals surface area contributed by atoms with Gasteiger partial charge in [-0.2, -0.15) is 13.2 Å². The van der Waals surface area contributed by atoms with Crippen LogP contribution in [-0.4, -0.2) is 55.1 Å². The summed E-state index contributed by atoms with van der Waals surface area (Å²) >= 11 is 0. The van der Waals surface area contributed by atoms with Crippen LogP contribution in [0.2, 0.25) is 0 Å². The van der Waals surface area contributed by atoms with E-state index in [4.69, 9.17) is 0 Å². The molecule has 1 rings (SSSR count). The number of rotatable bonds is 5. The number of carbonyl (C=O) groups excluding carboxylic acids is 2. The number of amides is 2. The van der Waals surface area contributed by atoms with Gasteiger partial charge in [-0.05, 0) is 6.42 Å². The van der Waals surface area contributed by atoms with Gasteiger partial charge in [0.2, 0.25) is 11.8 Å². The molecule has 1 unspecified atom stereocenters. The highest BCUT2D eigenvalue weighted by molar-refractivity contribution is 5.86. The average molecular weight is 281 g/mol. The van der Waals surface area contributed by atoms with Gasteiger partial charge in [0.1, 0.15) is 12.6 Å². The Morgan fingerprint density at radius 1 is 1.47 bits per heavy atom. The molecule has 5 nitrogen and oxygen atoms in total. The minimum Gasteiger partial charge on any atom is -0.353 e. The third-order valence-corrected chi connectivity index (χ3v) is 2.77. The summed E-state index contributed by atoms with van der Waals surface area (Å²) < 4.78 is 37.3. The first-order chi connectivity index (χ1) is 8.83. The van der Waals surface area contributed by atoms with Crippen LogP contribution < -0.4 is 10.6 Å². The molecule has 1 saturated heterocycles. The number of piperazine rings is 1. The molecule has 2 amide bonds. The molecule has 110 valence electrons. The monoisotopic (exact) mass is 281 g/mol. The van der Waals surface area contributed by atoms with Crippen molar-refractivity contribution >= 4 is 11.8 Å². The first kappa shape index (κ1) is 15.7. The van der Waals surface area contributed by atoms with E-state index in [2.05, 4.69) is 10.6 Å². The van der Waals surface area contributed by atoms with E-state index in [0.717, 1.165) is 4.90 Å². The highest BCUT2D eigenvalue weighted by atomic mass is 19.4. The Labute approximate surface area is 109 Å². The third-order valence-electron chi connectivity index (χ3n) is 2.77. The molecule has 0 radical (unpaired) electrons. The van der Waals surface area contributed by atoms with Crippen molar-refractivity contribution < 1.29 is 22.8 Å². The highest BCUT2D eigenvalue weighted by Crippen LogP contribution is 2.17. The summed E-state index contributed by atoms with van der Waals surface area (Å²) in [6.45, 7) is 0.635.